The van der Waals surface area contributed by atoms with Crippen molar-refractivity contribution in [2.75, 3.05) is 13.7 Å². The summed E-state index contributed by atoms with van der Waals surface area (Å²) in [6.45, 7) is 14.5. The lowest BCUT2D eigenvalue weighted by molar-refractivity contribution is -0.192. The maximum Gasteiger partial charge on any atom is 0.479 e. The minimum atomic E-state index is -1.65. The molecule has 2 fully saturated rings. The lowest BCUT2D eigenvalue weighted by atomic mass is 9.47. The van der Waals surface area contributed by atoms with Crippen molar-refractivity contribution in [2.45, 2.75) is 92.0 Å². The molecule has 246 valence electrons. The summed E-state index contributed by atoms with van der Waals surface area (Å²) in [5.74, 6) is -1.05. The zero-order valence-corrected chi connectivity index (χ0v) is 27.3. The summed E-state index contributed by atoms with van der Waals surface area (Å²) in [6, 6.07) is 3.32. The SMILES string of the molecule is C=C[C@]1(C)C[C@@H](OC(=O)COc2ccc3c(c2C)B(O)N(C(=O)OC)N=C3)[C@@]2(C)C[C@](C[C@H](F)C(C)=O)(CC[C@H]2C)[C@@H](C)[C@@H]1O. The summed E-state index contributed by atoms with van der Waals surface area (Å²) in [6.07, 6.45) is 1.26. The predicted octanol–water partition coefficient (Wildman–Crippen LogP) is 4.11. The van der Waals surface area contributed by atoms with E-state index in [0.717, 1.165) is 11.3 Å². The fourth-order valence-corrected chi connectivity index (χ4v) is 7.80. The van der Waals surface area contributed by atoms with Gasteiger partial charge in [-0.3, -0.25) is 4.79 Å². The lowest BCUT2D eigenvalue weighted by Crippen LogP contribution is -2.58. The highest BCUT2D eigenvalue weighted by Gasteiger charge is 2.59. The molecule has 0 radical (unpaired) electrons. The van der Waals surface area contributed by atoms with E-state index in [4.69, 9.17) is 14.2 Å². The molecule has 2 aliphatic carbocycles. The molecule has 0 unspecified atom stereocenters. The van der Waals surface area contributed by atoms with E-state index in [-0.39, 0.29) is 18.3 Å². The summed E-state index contributed by atoms with van der Waals surface area (Å²) >= 11 is 0. The second kappa shape index (κ2) is 12.9. The third-order valence-electron chi connectivity index (χ3n) is 11.2. The average Bonchev–Trinajstić information content (AvgIpc) is 3.00. The first kappa shape index (κ1) is 34.6. The molecule has 1 aromatic carbocycles. The molecule has 2 N–H and O–H groups in total. The number of hydrazone groups is 1. The number of hydrogen-bond acceptors (Lipinski definition) is 9. The Labute approximate surface area is 265 Å². The van der Waals surface area contributed by atoms with E-state index < -0.39 is 66.1 Å². The van der Waals surface area contributed by atoms with E-state index in [1.54, 1.807) is 25.1 Å². The number of aliphatic hydroxyl groups excluding tert-OH is 1. The number of fused-ring (bicyclic) bond motifs is 3. The van der Waals surface area contributed by atoms with Crippen LogP contribution in [0.15, 0.2) is 29.9 Å². The van der Waals surface area contributed by atoms with Crippen LogP contribution in [-0.2, 0) is 19.1 Å². The Balaban J connectivity index is 1.60. The van der Waals surface area contributed by atoms with Crippen LogP contribution in [0.5, 0.6) is 5.75 Å². The van der Waals surface area contributed by atoms with E-state index in [1.165, 1.54) is 20.2 Å². The molecule has 45 heavy (non-hydrogen) atoms. The number of carbonyl (C=O) groups excluding carboxylic acids is 3. The third kappa shape index (κ3) is 6.28. The smallest absolute Gasteiger partial charge is 0.479 e. The van der Waals surface area contributed by atoms with Crippen LogP contribution in [0.4, 0.5) is 9.18 Å². The first-order valence-corrected chi connectivity index (χ1v) is 15.5. The van der Waals surface area contributed by atoms with Gasteiger partial charge in [-0.25, -0.2) is 18.9 Å². The van der Waals surface area contributed by atoms with Gasteiger partial charge in [-0.05, 0) is 85.9 Å². The van der Waals surface area contributed by atoms with Gasteiger partial charge in [0.15, 0.2) is 18.6 Å². The summed E-state index contributed by atoms with van der Waals surface area (Å²) in [7, 11) is -0.223. The van der Waals surface area contributed by atoms with Crippen molar-refractivity contribution in [3.8, 4) is 5.75 Å². The van der Waals surface area contributed by atoms with E-state index in [2.05, 4.69) is 25.5 Å². The maximum atomic E-state index is 15.1. The minimum Gasteiger partial charge on any atom is -0.482 e. The van der Waals surface area contributed by atoms with Gasteiger partial charge in [0.05, 0.1) is 19.4 Å². The van der Waals surface area contributed by atoms with Crippen LogP contribution in [0.3, 0.4) is 0 Å². The largest absolute Gasteiger partial charge is 0.482 e. The molecule has 2 saturated carbocycles. The van der Waals surface area contributed by atoms with Crippen LogP contribution in [0.25, 0.3) is 0 Å². The summed E-state index contributed by atoms with van der Waals surface area (Å²) < 4.78 is 31.9. The first-order valence-electron chi connectivity index (χ1n) is 15.5. The highest BCUT2D eigenvalue weighted by molar-refractivity contribution is 6.68. The number of nitrogens with zero attached hydrogens (tertiary/aromatic N) is 2. The molecule has 2 bridgehead atoms. The number of esters is 1. The lowest BCUT2D eigenvalue weighted by Gasteiger charge is -2.60. The van der Waals surface area contributed by atoms with Gasteiger partial charge in [0.1, 0.15) is 11.9 Å². The Morgan fingerprint density at radius 3 is 2.60 bits per heavy atom. The number of amides is 1. The molecule has 0 spiro atoms. The van der Waals surface area contributed by atoms with Crippen LogP contribution in [0, 0.1) is 35.0 Å². The fourth-order valence-electron chi connectivity index (χ4n) is 7.80. The molecule has 4 rings (SSSR count). The number of methoxy groups -OCH3 is 1. The number of aliphatic hydroxyl groups is 1. The van der Waals surface area contributed by atoms with E-state index in [1.807, 2.05) is 13.8 Å². The highest BCUT2D eigenvalue weighted by Crippen LogP contribution is 2.62. The predicted molar refractivity (Wildman–Crippen MR) is 168 cm³/mol. The zero-order chi connectivity index (χ0) is 33.5. The number of benzene rings is 1. The van der Waals surface area contributed by atoms with Gasteiger partial charge in [0.25, 0.3) is 0 Å². The van der Waals surface area contributed by atoms with E-state index >= 15 is 4.39 Å². The van der Waals surface area contributed by atoms with Crippen molar-refractivity contribution in [3.05, 3.63) is 35.9 Å². The monoisotopic (exact) mass is 628 g/mol. The number of ether oxygens (including phenoxy) is 3. The zero-order valence-electron chi connectivity index (χ0n) is 27.3. The minimum absolute atomic E-state index is 0.00143. The summed E-state index contributed by atoms with van der Waals surface area (Å²) in [4.78, 5) is 38.3. The first-order chi connectivity index (χ1) is 21.0. The van der Waals surface area contributed by atoms with Crippen molar-refractivity contribution in [2.24, 2.45) is 33.2 Å². The van der Waals surface area contributed by atoms with E-state index in [0.29, 0.717) is 41.6 Å². The van der Waals surface area contributed by atoms with Gasteiger partial charge in [-0.15, -0.1) is 6.58 Å². The van der Waals surface area contributed by atoms with Crippen molar-refractivity contribution in [3.63, 3.8) is 0 Å². The molecule has 12 heteroatoms. The van der Waals surface area contributed by atoms with Crippen LogP contribution in [0.2, 0.25) is 0 Å². The molecular weight excluding hydrogens is 582 g/mol. The van der Waals surface area contributed by atoms with Crippen LogP contribution in [0.1, 0.15) is 77.8 Å². The van der Waals surface area contributed by atoms with Gasteiger partial charge in [-0.1, -0.05) is 39.8 Å². The highest BCUT2D eigenvalue weighted by atomic mass is 19.1. The normalized spacial score (nSPS) is 33.3. The molecule has 3 aliphatic rings. The van der Waals surface area contributed by atoms with Crippen molar-refractivity contribution in [1.82, 2.24) is 4.92 Å². The molecule has 8 atom stereocenters. The van der Waals surface area contributed by atoms with Crippen LogP contribution < -0.4 is 10.2 Å². The van der Waals surface area contributed by atoms with Gasteiger partial charge < -0.3 is 24.3 Å². The molecule has 1 aliphatic heterocycles. The average molecular weight is 629 g/mol. The number of rotatable bonds is 8. The standard InChI is InChI=1S/C33H46BFN2O8/c1-9-31(6)15-26(32(7)18-33(13-12-19(32)2,21(4)29(31)40)14-24(35)22(5)38)45-27(39)17-44-25-11-10-23-16-36-37(30(41)43-8)34(42)28(23)20(25)3/h9-11,16,19,21,24,26,29,40,42H,1,12-15,17-18H2,2-8H3/t19-,21+,24+,26-,29+,31-,32+,33-/m1/s1. The van der Waals surface area contributed by atoms with Crippen LogP contribution in [-0.4, -0.2) is 78.3 Å². The van der Waals surface area contributed by atoms with Crippen LogP contribution >= 0.6 is 0 Å². The van der Waals surface area contributed by atoms with E-state index in [9.17, 15) is 24.5 Å². The topological polar surface area (TPSA) is 135 Å². The number of Topliss-reactive ketones (excluding diaryl/α,β-unsaturated/α-hetero) is 1. The quantitative estimate of drug-likeness (QED) is 0.250. The van der Waals surface area contributed by atoms with Gasteiger partial charge in [0.2, 0.25) is 0 Å². The Morgan fingerprint density at radius 1 is 1.29 bits per heavy atom. The second-order valence-electron chi connectivity index (χ2n) is 13.8. The number of ketones is 1. The molecule has 10 nitrogen and oxygen atoms in total. The number of halogens is 1. The Kier molecular flexibility index (Phi) is 9.90. The van der Waals surface area contributed by atoms with Gasteiger partial charge in [-0.2, -0.15) is 5.10 Å². The molecule has 0 aromatic heterocycles. The number of alkyl halides is 1. The Bertz CT molecular complexity index is 1370. The molecule has 1 amide bonds. The van der Waals surface area contributed by atoms with Crippen molar-refractivity contribution in [1.29, 1.82) is 0 Å². The molecule has 1 aromatic rings. The molecule has 1 heterocycles. The number of carbonyl (C=O) groups is 3. The fraction of sp³-hybridized carbons (Fsp3) is 0.636. The van der Waals surface area contributed by atoms with Crippen molar-refractivity contribution >= 4 is 36.6 Å². The summed E-state index contributed by atoms with van der Waals surface area (Å²) in [5, 5.41) is 26.5. The molecule has 0 saturated heterocycles. The van der Waals surface area contributed by atoms with Gasteiger partial charge >= 0.3 is 19.1 Å². The Hall–Kier alpha value is -3.25. The maximum absolute atomic E-state index is 15.1. The van der Waals surface area contributed by atoms with Gasteiger partial charge in [0, 0.05) is 10.8 Å². The third-order valence-corrected chi connectivity index (χ3v) is 11.2. The Morgan fingerprint density at radius 2 is 1.98 bits per heavy atom. The molecular formula is C33H46BFN2O8. The van der Waals surface area contributed by atoms with Crippen molar-refractivity contribution < 1.29 is 43.1 Å². The summed E-state index contributed by atoms with van der Waals surface area (Å²) in [5.41, 5.74) is -0.618. The second-order valence-corrected chi connectivity index (χ2v) is 13.8. The number of hydrogen-bond donors (Lipinski definition) is 2.